The fourth-order valence-electron chi connectivity index (χ4n) is 2.48. The first-order chi connectivity index (χ1) is 10.5. The predicted octanol–water partition coefficient (Wildman–Crippen LogP) is 3.30. The molecule has 5 heteroatoms. The van der Waals surface area contributed by atoms with Crippen LogP contribution in [0.15, 0.2) is 23.0 Å². The SMILES string of the molecule is CCCCn1c(=O)c(O)c(OC)c2ccc(OC(C)C)cc21. The van der Waals surface area contributed by atoms with E-state index in [9.17, 15) is 9.90 Å². The number of aromatic nitrogens is 1. The van der Waals surface area contributed by atoms with Crippen LogP contribution >= 0.6 is 0 Å². The van der Waals surface area contributed by atoms with E-state index in [2.05, 4.69) is 6.92 Å². The number of nitrogens with zero attached hydrogens (tertiary/aromatic N) is 1. The fraction of sp³-hybridized carbons (Fsp3) is 0.471. The van der Waals surface area contributed by atoms with Crippen LogP contribution in [0.25, 0.3) is 10.9 Å². The lowest BCUT2D eigenvalue weighted by Crippen LogP contribution is -2.21. The van der Waals surface area contributed by atoms with E-state index in [1.807, 2.05) is 32.0 Å². The van der Waals surface area contributed by atoms with Gasteiger partial charge < -0.3 is 19.1 Å². The van der Waals surface area contributed by atoms with Crippen molar-refractivity contribution < 1.29 is 14.6 Å². The van der Waals surface area contributed by atoms with E-state index < -0.39 is 5.56 Å². The number of methoxy groups -OCH3 is 1. The Kier molecular flexibility index (Phi) is 4.96. The number of aryl methyl sites for hydroxylation is 1. The van der Waals surface area contributed by atoms with Crippen LogP contribution in [0.1, 0.15) is 33.6 Å². The average molecular weight is 305 g/mol. The second-order valence-corrected chi connectivity index (χ2v) is 5.54. The summed E-state index contributed by atoms with van der Waals surface area (Å²) in [5.41, 5.74) is 0.283. The molecular formula is C17H23NO4. The van der Waals surface area contributed by atoms with Gasteiger partial charge >= 0.3 is 0 Å². The van der Waals surface area contributed by atoms with E-state index in [1.165, 1.54) is 7.11 Å². The highest BCUT2D eigenvalue weighted by Crippen LogP contribution is 2.33. The van der Waals surface area contributed by atoms with Crippen molar-refractivity contribution >= 4 is 10.9 Å². The highest BCUT2D eigenvalue weighted by molar-refractivity contribution is 5.88. The van der Waals surface area contributed by atoms with Crippen LogP contribution in [-0.2, 0) is 6.54 Å². The minimum atomic E-state index is -0.431. The largest absolute Gasteiger partial charge is 0.500 e. The molecule has 0 atom stereocenters. The minimum absolute atomic E-state index is 0.0484. The molecule has 0 amide bonds. The van der Waals surface area contributed by atoms with Crippen LogP contribution in [0.3, 0.4) is 0 Å². The van der Waals surface area contributed by atoms with Gasteiger partial charge in [0.15, 0.2) is 5.75 Å². The minimum Gasteiger partial charge on any atom is -0.500 e. The van der Waals surface area contributed by atoms with Gasteiger partial charge in [0.2, 0.25) is 5.75 Å². The molecule has 0 radical (unpaired) electrons. The molecule has 5 nitrogen and oxygen atoms in total. The highest BCUT2D eigenvalue weighted by atomic mass is 16.5. The molecule has 2 aromatic rings. The van der Waals surface area contributed by atoms with Gasteiger partial charge in [0, 0.05) is 18.0 Å². The van der Waals surface area contributed by atoms with E-state index in [0.29, 0.717) is 23.2 Å². The Morgan fingerprint density at radius 3 is 2.64 bits per heavy atom. The zero-order chi connectivity index (χ0) is 16.3. The number of pyridine rings is 1. The van der Waals surface area contributed by atoms with Crippen LogP contribution in [-0.4, -0.2) is 22.9 Å². The summed E-state index contributed by atoms with van der Waals surface area (Å²) in [5, 5.41) is 10.8. The topological polar surface area (TPSA) is 60.7 Å². The van der Waals surface area contributed by atoms with E-state index in [0.717, 1.165) is 12.8 Å². The van der Waals surface area contributed by atoms with E-state index >= 15 is 0 Å². The van der Waals surface area contributed by atoms with Crippen LogP contribution in [0.4, 0.5) is 0 Å². The lowest BCUT2D eigenvalue weighted by atomic mass is 10.1. The van der Waals surface area contributed by atoms with Gasteiger partial charge in [-0.2, -0.15) is 0 Å². The Morgan fingerprint density at radius 1 is 1.32 bits per heavy atom. The fourth-order valence-corrected chi connectivity index (χ4v) is 2.48. The van der Waals surface area contributed by atoms with E-state index in [-0.39, 0.29) is 17.6 Å². The zero-order valence-corrected chi connectivity index (χ0v) is 13.5. The number of ether oxygens (including phenoxy) is 2. The maximum atomic E-state index is 12.4. The molecule has 0 spiro atoms. The molecular weight excluding hydrogens is 282 g/mol. The summed E-state index contributed by atoms with van der Waals surface area (Å²) in [6.45, 7) is 6.51. The Balaban J connectivity index is 2.71. The Morgan fingerprint density at radius 2 is 2.05 bits per heavy atom. The number of hydrogen-bond donors (Lipinski definition) is 1. The van der Waals surface area contributed by atoms with Crippen molar-refractivity contribution in [3.8, 4) is 17.2 Å². The second-order valence-electron chi connectivity index (χ2n) is 5.54. The van der Waals surface area contributed by atoms with Crippen LogP contribution in [0, 0.1) is 0 Å². The maximum Gasteiger partial charge on any atom is 0.297 e. The molecule has 120 valence electrons. The van der Waals surface area contributed by atoms with Crippen LogP contribution < -0.4 is 15.0 Å². The Bertz CT molecular complexity index is 719. The number of unbranched alkanes of at least 4 members (excludes halogenated alkanes) is 1. The molecule has 1 aromatic heterocycles. The number of aromatic hydroxyl groups is 1. The van der Waals surface area contributed by atoms with Crippen molar-refractivity contribution in [1.82, 2.24) is 4.57 Å². The molecule has 0 aliphatic heterocycles. The van der Waals surface area contributed by atoms with Crippen LogP contribution in [0.2, 0.25) is 0 Å². The second kappa shape index (κ2) is 6.73. The summed E-state index contributed by atoms with van der Waals surface area (Å²) in [7, 11) is 1.45. The Hall–Kier alpha value is -2.17. The number of hydrogen-bond acceptors (Lipinski definition) is 4. The van der Waals surface area contributed by atoms with Crippen LogP contribution in [0.5, 0.6) is 17.2 Å². The molecule has 22 heavy (non-hydrogen) atoms. The summed E-state index contributed by atoms with van der Waals surface area (Å²) in [5.74, 6) is 0.562. The summed E-state index contributed by atoms with van der Waals surface area (Å²) >= 11 is 0. The first kappa shape index (κ1) is 16.2. The molecule has 0 saturated carbocycles. The van der Waals surface area contributed by atoms with Gasteiger partial charge in [0.1, 0.15) is 5.75 Å². The lowest BCUT2D eigenvalue weighted by molar-refractivity contribution is 0.242. The predicted molar refractivity (Wildman–Crippen MR) is 87.1 cm³/mol. The van der Waals surface area contributed by atoms with Gasteiger partial charge in [-0.25, -0.2) is 0 Å². The zero-order valence-electron chi connectivity index (χ0n) is 13.5. The highest BCUT2D eigenvalue weighted by Gasteiger charge is 2.17. The molecule has 1 aromatic carbocycles. The number of benzene rings is 1. The molecule has 0 fully saturated rings. The van der Waals surface area contributed by atoms with Gasteiger partial charge in [0.25, 0.3) is 5.56 Å². The third-order valence-corrected chi connectivity index (χ3v) is 3.48. The summed E-state index contributed by atoms with van der Waals surface area (Å²) in [4.78, 5) is 12.4. The van der Waals surface area contributed by atoms with Gasteiger partial charge in [-0.15, -0.1) is 0 Å². The molecule has 0 unspecified atom stereocenters. The standard InChI is InChI=1S/C17H23NO4/c1-5-6-9-18-14-10-12(22-11(2)3)7-8-13(14)16(21-4)15(19)17(18)20/h7-8,10-11,19H,5-6,9H2,1-4H3. The Labute approximate surface area is 130 Å². The first-order valence-corrected chi connectivity index (χ1v) is 7.59. The summed E-state index contributed by atoms with van der Waals surface area (Å²) in [6.07, 6.45) is 1.87. The van der Waals surface area contributed by atoms with Crippen molar-refractivity contribution in [3.05, 3.63) is 28.6 Å². The molecule has 0 aliphatic carbocycles. The summed E-state index contributed by atoms with van der Waals surface area (Å²) < 4.78 is 12.5. The maximum absolute atomic E-state index is 12.4. The number of fused-ring (bicyclic) bond motifs is 1. The molecule has 0 bridgehead atoms. The average Bonchev–Trinajstić information content (AvgIpc) is 2.48. The van der Waals surface area contributed by atoms with E-state index in [4.69, 9.17) is 9.47 Å². The van der Waals surface area contributed by atoms with Gasteiger partial charge in [-0.3, -0.25) is 4.79 Å². The van der Waals surface area contributed by atoms with Crippen molar-refractivity contribution in [2.75, 3.05) is 7.11 Å². The normalized spacial score (nSPS) is 11.1. The third kappa shape index (κ3) is 3.03. The molecule has 1 N–H and O–H groups in total. The van der Waals surface area contributed by atoms with Gasteiger partial charge in [0.05, 0.1) is 18.7 Å². The molecule has 0 aliphatic rings. The molecule has 2 rings (SSSR count). The van der Waals surface area contributed by atoms with Gasteiger partial charge in [-0.1, -0.05) is 13.3 Å². The van der Waals surface area contributed by atoms with Crippen molar-refractivity contribution in [1.29, 1.82) is 0 Å². The smallest absolute Gasteiger partial charge is 0.297 e. The van der Waals surface area contributed by atoms with E-state index in [1.54, 1.807) is 4.57 Å². The summed E-state index contributed by atoms with van der Waals surface area (Å²) in [6, 6.07) is 5.46. The lowest BCUT2D eigenvalue weighted by Gasteiger charge is -2.16. The van der Waals surface area contributed by atoms with Gasteiger partial charge in [-0.05, 0) is 32.4 Å². The van der Waals surface area contributed by atoms with Crippen molar-refractivity contribution in [2.45, 2.75) is 46.3 Å². The van der Waals surface area contributed by atoms with Crippen molar-refractivity contribution in [3.63, 3.8) is 0 Å². The molecule has 1 heterocycles. The monoisotopic (exact) mass is 305 g/mol. The quantitative estimate of drug-likeness (QED) is 0.889. The molecule has 0 saturated heterocycles. The number of rotatable bonds is 6. The third-order valence-electron chi connectivity index (χ3n) is 3.48. The van der Waals surface area contributed by atoms with Crippen molar-refractivity contribution in [2.24, 2.45) is 0 Å². The first-order valence-electron chi connectivity index (χ1n) is 7.59.